The Kier molecular flexibility index (Phi) is 37.3. The average molecular weight is 923 g/mol. The molecule has 0 saturated carbocycles. The quantitative estimate of drug-likeness (QED) is 0.0198. The molecule has 13 heteroatoms. The zero-order chi connectivity index (χ0) is 46.9. The molecule has 2 unspecified atom stereocenters. The van der Waals surface area contributed by atoms with E-state index in [1.165, 1.54) is 57.8 Å². The molecule has 0 spiro atoms. The van der Waals surface area contributed by atoms with Crippen molar-refractivity contribution in [3.8, 4) is 0 Å². The number of aliphatic hydroxyl groups excluding tert-OH is 3. The summed E-state index contributed by atoms with van der Waals surface area (Å²) >= 11 is 0. The van der Waals surface area contributed by atoms with Crippen molar-refractivity contribution >= 4 is 22.1 Å². The molecular formula is C51H86O12S. The molecule has 0 amide bonds. The fraction of sp³-hybridized carbons (Fsp3) is 0.725. The Morgan fingerprint density at radius 3 is 1.50 bits per heavy atom. The van der Waals surface area contributed by atoms with Gasteiger partial charge in [-0.25, -0.2) is 0 Å². The van der Waals surface area contributed by atoms with Crippen molar-refractivity contribution in [3.63, 3.8) is 0 Å². The molecule has 12 nitrogen and oxygen atoms in total. The Morgan fingerprint density at radius 2 is 0.984 bits per heavy atom. The number of carbonyl (C=O) groups excluding carboxylic acids is 2. The van der Waals surface area contributed by atoms with Crippen LogP contribution in [-0.4, -0.2) is 96.0 Å². The zero-order valence-corrected chi connectivity index (χ0v) is 40.2. The molecule has 1 aliphatic heterocycles. The van der Waals surface area contributed by atoms with Crippen LogP contribution in [0.5, 0.6) is 0 Å². The molecule has 4 N–H and O–H groups in total. The topological polar surface area (TPSA) is 186 Å². The normalized spacial score (nSPS) is 20.2. The molecule has 0 aromatic carbocycles. The summed E-state index contributed by atoms with van der Waals surface area (Å²) in [6.07, 6.45) is 42.2. The number of aliphatic hydroxyl groups is 3. The Balaban J connectivity index is 2.44. The minimum absolute atomic E-state index is 0.148. The fourth-order valence-electron chi connectivity index (χ4n) is 6.99. The number of ether oxygens (including phenoxy) is 4. The number of esters is 2. The highest BCUT2D eigenvalue weighted by atomic mass is 32.2. The van der Waals surface area contributed by atoms with Gasteiger partial charge >= 0.3 is 11.9 Å². The van der Waals surface area contributed by atoms with Crippen molar-refractivity contribution in [3.05, 3.63) is 72.9 Å². The maximum Gasteiger partial charge on any atom is 0.306 e. The first-order valence-electron chi connectivity index (χ1n) is 24.5. The van der Waals surface area contributed by atoms with Gasteiger partial charge in [-0.2, -0.15) is 8.42 Å². The summed E-state index contributed by atoms with van der Waals surface area (Å²) in [5, 5.41) is 30.9. The standard InChI is InChI=1S/C51H86O12S/c1-3-5-7-9-11-13-15-17-19-21-22-24-25-27-29-31-33-35-37-39-46(52)60-41-44(42-61-51-50(56)49(55)48(54)45(63-51)43-64(57,58)59)62-47(53)40-38-36-34-32-30-28-26-23-20-18-16-14-12-10-8-6-4-2/h5,7,11,13,17-20,22,24,27,29,44-45,48-51,54-56H,3-4,6,8-10,12,14-16,21,23,25-26,28,30-43H2,1-2H3,(H,57,58,59)/b7-5+,13-11+,19-17+,20-18+,24-22+,29-27+/t44-,45-,48-,49?,50?,51+/m1/s1. The van der Waals surface area contributed by atoms with E-state index in [1.54, 1.807) is 0 Å². The van der Waals surface area contributed by atoms with Gasteiger partial charge in [0.25, 0.3) is 10.1 Å². The number of carbonyl (C=O) groups is 2. The van der Waals surface area contributed by atoms with E-state index in [1.807, 2.05) is 0 Å². The van der Waals surface area contributed by atoms with Crippen LogP contribution >= 0.6 is 0 Å². The van der Waals surface area contributed by atoms with Crippen molar-refractivity contribution < 1.29 is 56.8 Å². The predicted molar refractivity (Wildman–Crippen MR) is 256 cm³/mol. The molecule has 0 aliphatic carbocycles. The largest absolute Gasteiger partial charge is 0.462 e. The smallest absolute Gasteiger partial charge is 0.306 e. The summed E-state index contributed by atoms with van der Waals surface area (Å²) in [4.78, 5) is 25.5. The third-order valence-electron chi connectivity index (χ3n) is 10.8. The van der Waals surface area contributed by atoms with E-state index in [-0.39, 0.29) is 19.4 Å². The van der Waals surface area contributed by atoms with Crippen LogP contribution < -0.4 is 0 Å². The summed E-state index contributed by atoms with van der Waals surface area (Å²) < 4.78 is 54.1. The van der Waals surface area contributed by atoms with Crippen LogP contribution in [0.25, 0.3) is 0 Å². The molecule has 0 aromatic heterocycles. The van der Waals surface area contributed by atoms with Gasteiger partial charge in [0.05, 0.1) is 6.61 Å². The first-order valence-corrected chi connectivity index (χ1v) is 26.1. The Labute approximate surface area is 387 Å². The van der Waals surface area contributed by atoms with Crippen LogP contribution in [0.3, 0.4) is 0 Å². The van der Waals surface area contributed by atoms with E-state index in [9.17, 15) is 37.9 Å². The lowest BCUT2D eigenvalue weighted by Gasteiger charge is -2.40. The second-order valence-corrected chi connectivity index (χ2v) is 18.2. The SMILES string of the molecule is CC/C=C/C/C=C/C/C=C/C/C=C/C/C=C/CCCCCC(=O)OC[C@H](CO[C@H]1O[C@H](CS(=O)(=O)O)[C@@H](O)C(O)C1O)OC(=O)CCCCCCCCC/C=C/CCCCCCCC. The summed E-state index contributed by atoms with van der Waals surface area (Å²) in [6, 6.07) is 0. The second kappa shape index (κ2) is 40.4. The van der Waals surface area contributed by atoms with Crippen molar-refractivity contribution in [1.82, 2.24) is 0 Å². The van der Waals surface area contributed by atoms with Crippen molar-refractivity contribution in [2.45, 2.75) is 218 Å². The summed E-state index contributed by atoms with van der Waals surface area (Å²) in [5.74, 6) is -2.04. The molecule has 1 aliphatic rings. The summed E-state index contributed by atoms with van der Waals surface area (Å²) in [7, 11) is -4.61. The Hall–Kier alpha value is -2.91. The van der Waals surface area contributed by atoms with E-state index in [4.69, 9.17) is 18.9 Å². The molecule has 6 atom stereocenters. The molecular weight excluding hydrogens is 837 g/mol. The molecule has 0 bridgehead atoms. The number of unbranched alkanes of at least 4 members (excludes halogenated alkanes) is 16. The van der Waals surface area contributed by atoms with Crippen LogP contribution in [0, 0.1) is 0 Å². The minimum atomic E-state index is -4.61. The van der Waals surface area contributed by atoms with E-state index >= 15 is 0 Å². The first-order chi connectivity index (χ1) is 31.0. The number of hydrogen-bond acceptors (Lipinski definition) is 11. The van der Waals surface area contributed by atoms with Crippen LogP contribution in [0.4, 0.5) is 0 Å². The Morgan fingerprint density at radius 1 is 0.547 bits per heavy atom. The Bertz CT molecular complexity index is 1450. The number of hydrogen-bond donors (Lipinski definition) is 4. The third-order valence-corrected chi connectivity index (χ3v) is 11.5. The minimum Gasteiger partial charge on any atom is -0.462 e. The molecule has 1 heterocycles. The molecule has 0 radical (unpaired) electrons. The van der Waals surface area contributed by atoms with Crippen LogP contribution in [-0.2, 0) is 38.7 Å². The van der Waals surface area contributed by atoms with E-state index in [0.717, 1.165) is 83.5 Å². The molecule has 0 aromatic rings. The second-order valence-electron chi connectivity index (χ2n) is 16.7. The van der Waals surface area contributed by atoms with Gasteiger partial charge in [-0.1, -0.05) is 157 Å². The van der Waals surface area contributed by atoms with E-state index in [2.05, 4.69) is 86.8 Å². The van der Waals surface area contributed by atoms with Gasteiger partial charge in [0, 0.05) is 12.8 Å². The van der Waals surface area contributed by atoms with Crippen molar-refractivity contribution in [2.24, 2.45) is 0 Å². The third kappa shape index (κ3) is 34.4. The first kappa shape index (κ1) is 59.1. The summed E-state index contributed by atoms with van der Waals surface area (Å²) in [6.45, 7) is 3.61. The van der Waals surface area contributed by atoms with E-state index < -0.39 is 71.2 Å². The summed E-state index contributed by atoms with van der Waals surface area (Å²) in [5.41, 5.74) is 0. The van der Waals surface area contributed by atoms with Crippen LogP contribution in [0.1, 0.15) is 181 Å². The van der Waals surface area contributed by atoms with Crippen molar-refractivity contribution in [1.29, 1.82) is 0 Å². The number of rotatable bonds is 40. The lowest BCUT2D eigenvalue weighted by atomic mass is 10.00. The van der Waals surface area contributed by atoms with Gasteiger partial charge < -0.3 is 34.3 Å². The predicted octanol–water partition coefficient (Wildman–Crippen LogP) is 10.7. The van der Waals surface area contributed by atoms with Crippen molar-refractivity contribution in [2.75, 3.05) is 19.0 Å². The van der Waals surface area contributed by atoms with Gasteiger partial charge in [-0.05, 0) is 83.5 Å². The zero-order valence-electron chi connectivity index (χ0n) is 39.4. The lowest BCUT2D eigenvalue weighted by Crippen LogP contribution is -2.60. The molecule has 1 fully saturated rings. The maximum absolute atomic E-state index is 12.9. The highest BCUT2D eigenvalue weighted by Crippen LogP contribution is 2.24. The van der Waals surface area contributed by atoms with Gasteiger partial charge in [0.15, 0.2) is 12.4 Å². The van der Waals surface area contributed by atoms with Crippen LogP contribution in [0.15, 0.2) is 72.9 Å². The van der Waals surface area contributed by atoms with E-state index in [0.29, 0.717) is 12.8 Å². The van der Waals surface area contributed by atoms with Gasteiger partial charge in [-0.3, -0.25) is 14.1 Å². The highest BCUT2D eigenvalue weighted by Gasteiger charge is 2.46. The molecule has 1 rings (SSSR count). The fourth-order valence-corrected chi connectivity index (χ4v) is 7.68. The van der Waals surface area contributed by atoms with Gasteiger partial charge in [0.2, 0.25) is 0 Å². The van der Waals surface area contributed by atoms with Gasteiger partial charge in [0.1, 0.15) is 36.8 Å². The van der Waals surface area contributed by atoms with Crippen LogP contribution in [0.2, 0.25) is 0 Å². The number of allylic oxidation sites excluding steroid dienone is 12. The monoisotopic (exact) mass is 923 g/mol. The average Bonchev–Trinajstić information content (AvgIpc) is 3.26. The molecule has 368 valence electrons. The maximum atomic E-state index is 12.9. The molecule has 1 saturated heterocycles. The lowest BCUT2D eigenvalue weighted by molar-refractivity contribution is -0.297. The highest BCUT2D eigenvalue weighted by molar-refractivity contribution is 7.85. The molecule has 64 heavy (non-hydrogen) atoms. The van der Waals surface area contributed by atoms with Gasteiger partial charge in [-0.15, -0.1) is 0 Å².